The Bertz CT molecular complexity index is 1400. The molecule has 2 aromatic heterocycles. The molecule has 1 amide bonds. The smallest absolute Gasteiger partial charge is 0.255 e. The van der Waals surface area contributed by atoms with Gasteiger partial charge in [-0.3, -0.25) is 14.0 Å². The Morgan fingerprint density at radius 2 is 1.81 bits per heavy atom. The third kappa shape index (κ3) is 4.29. The topological polar surface area (TPSA) is 76.4 Å². The van der Waals surface area contributed by atoms with Crippen LogP contribution in [0.5, 0.6) is 0 Å². The number of ketones is 1. The molecule has 0 radical (unpaired) electrons. The van der Waals surface area contributed by atoms with Gasteiger partial charge in [-0.1, -0.05) is 35.7 Å². The molecule has 6 nitrogen and oxygen atoms in total. The number of hydrogen-bond donors (Lipinski definition) is 1. The van der Waals surface area contributed by atoms with E-state index in [1.807, 2.05) is 0 Å². The van der Waals surface area contributed by atoms with Gasteiger partial charge in [0.1, 0.15) is 11.0 Å². The van der Waals surface area contributed by atoms with Crippen molar-refractivity contribution in [2.45, 2.75) is 6.92 Å². The Morgan fingerprint density at radius 3 is 2.61 bits per heavy atom. The van der Waals surface area contributed by atoms with E-state index in [0.29, 0.717) is 22.1 Å². The molecule has 152 valence electrons. The van der Waals surface area contributed by atoms with Gasteiger partial charge < -0.3 is 5.32 Å². The van der Waals surface area contributed by atoms with Crippen LogP contribution in [-0.2, 0) is 0 Å². The van der Waals surface area contributed by atoms with Gasteiger partial charge in [-0.25, -0.2) is 4.39 Å². The summed E-state index contributed by atoms with van der Waals surface area (Å²) in [6.45, 7) is 1.44. The van der Waals surface area contributed by atoms with E-state index in [2.05, 4.69) is 27.4 Å². The van der Waals surface area contributed by atoms with E-state index >= 15 is 0 Å². The quantitative estimate of drug-likeness (QED) is 0.296. The molecular formula is C23H14ClFN4O2. The fourth-order valence-corrected chi connectivity index (χ4v) is 3.13. The van der Waals surface area contributed by atoms with Crippen LogP contribution < -0.4 is 5.32 Å². The summed E-state index contributed by atoms with van der Waals surface area (Å²) in [4.78, 5) is 24.1. The van der Waals surface area contributed by atoms with Crippen molar-refractivity contribution < 1.29 is 14.0 Å². The van der Waals surface area contributed by atoms with Gasteiger partial charge in [0.05, 0.1) is 5.56 Å². The average molecular weight is 433 g/mol. The Morgan fingerprint density at radius 1 is 1.00 bits per heavy atom. The second-order valence-corrected chi connectivity index (χ2v) is 6.99. The zero-order valence-corrected chi connectivity index (χ0v) is 16.9. The zero-order chi connectivity index (χ0) is 22.0. The lowest BCUT2D eigenvalue weighted by atomic mass is 10.1. The average Bonchev–Trinajstić information content (AvgIpc) is 3.17. The fraction of sp³-hybridized carbons (Fsp3) is 0.0435. The molecule has 0 aliphatic rings. The van der Waals surface area contributed by atoms with E-state index in [4.69, 9.17) is 11.6 Å². The van der Waals surface area contributed by atoms with Gasteiger partial charge in [-0.05, 0) is 55.3 Å². The van der Waals surface area contributed by atoms with Gasteiger partial charge in [0.25, 0.3) is 5.91 Å². The molecule has 8 heteroatoms. The van der Waals surface area contributed by atoms with Crippen molar-refractivity contribution in [2.24, 2.45) is 0 Å². The number of nitrogens with zero attached hydrogens (tertiary/aromatic N) is 3. The van der Waals surface area contributed by atoms with E-state index in [1.54, 1.807) is 42.5 Å². The van der Waals surface area contributed by atoms with Crippen LogP contribution in [0.1, 0.15) is 39.0 Å². The first kappa shape index (κ1) is 20.3. The van der Waals surface area contributed by atoms with Crippen molar-refractivity contribution in [3.8, 4) is 11.8 Å². The van der Waals surface area contributed by atoms with Gasteiger partial charge in [0, 0.05) is 16.8 Å². The van der Waals surface area contributed by atoms with Gasteiger partial charge in [-0.15, -0.1) is 10.2 Å². The maximum absolute atomic E-state index is 14.3. The van der Waals surface area contributed by atoms with Crippen LogP contribution in [0.15, 0.2) is 60.7 Å². The highest BCUT2D eigenvalue weighted by Gasteiger charge is 2.11. The molecule has 0 unspecified atom stereocenters. The van der Waals surface area contributed by atoms with Crippen molar-refractivity contribution >= 4 is 34.6 Å². The molecule has 0 saturated carbocycles. The number of benzene rings is 2. The number of anilines is 1. The summed E-state index contributed by atoms with van der Waals surface area (Å²) in [6, 6.07) is 15.5. The minimum atomic E-state index is -0.581. The van der Waals surface area contributed by atoms with E-state index in [1.165, 1.54) is 29.5 Å². The Balaban J connectivity index is 1.62. The second-order valence-electron chi connectivity index (χ2n) is 6.60. The summed E-state index contributed by atoms with van der Waals surface area (Å²) in [5, 5.41) is 11.0. The maximum Gasteiger partial charge on any atom is 0.255 e. The molecule has 1 N–H and O–H groups in total. The monoisotopic (exact) mass is 432 g/mol. The molecule has 0 fully saturated rings. The molecule has 0 saturated heterocycles. The predicted molar refractivity (Wildman–Crippen MR) is 115 cm³/mol. The number of amides is 1. The molecule has 4 aromatic rings. The summed E-state index contributed by atoms with van der Waals surface area (Å²) in [7, 11) is 0. The van der Waals surface area contributed by atoms with E-state index < -0.39 is 11.7 Å². The number of carbonyl (C=O) groups excluding carboxylic acids is 2. The molecule has 31 heavy (non-hydrogen) atoms. The number of halogens is 2. The summed E-state index contributed by atoms with van der Waals surface area (Å²) >= 11 is 6.16. The highest BCUT2D eigenvalue weighted by molar-refractivity contribution is 6.29. The zero-order valence-electron chi connectivity index (χ0n) is 16.2. The molecule has 4 rings (SSSR count). The van der Waals surface area contributed by atoms with Crippen LogP contribution in [0, 0.1) is 17.7 Å². The van der Waals surface area contributed by atoms with Crippen LogP contribution >= 0.6 is 11.6 Å². The lowest BCUT2D eigenvalue weighted by Crippen LogP contribution is -2.12. The number of fused-ring (bicyclic) bond motifs is 1. The number of carbonyl (C=O) groups is 2. The molecule has 0 aliphatic carbocycles. The third-order valence-corrected chi connectivity index (χ3v) is 4.74. The van der Waals surface area contributed by atoms with Crippen molar-refractivity contribution in [3.05, 3.63) is 94.1 Å². The van der Waals surface area contributed by atoms with Crippen LogP contribution in [0.25, 0.3) is 5.65 Å². The summed E-state index contributed by atoms with van der Waals surface area (Å²) < 4.78 is 15.8. The number of hydrogen-bond acceptors (Lipinski definition) is 4. The highest BCUT2D eigenvalue weighted by Crippen LogP contribution is 2.16. The minimum Gasteiger partial charge on any atom is -0.322 e. The predicted octanol–water partition coefficient (Wildman–Crippen LogP) is 4.38. The molecule has 0 aliphatic heterocycles. The number of nitrogens with one attached hydrogen (secondary N) is 1. The largest absolute Gasteiger partial charge is 0.322 e. The van der Waals surface area contributed by atoms with Crippen LogP contribution in [0.3, 0.4) is 0 Å². The number of aromatic nitrogens is 3. The van der Waals surface area contributed by atoms with Crippen LogP contribution in [0.4, 0.5) is 10.1 Å². The highest BCUT2D eigenvalue weighted by atomic mass is 35.5. The first-order chi connectivity index (χ1) is 14.9. The van der Waals surface area contributed by atoms with Crippen LogP contribution in [-0.4, -0.2) is 26.3 Å². The van der Waals surface area contributed by atoms with Gasteiger partial charge >= 0.3 is 0 Å². The van der Waals surface area contributed by atoms with Gasteiger partial charge in [0.2, 0.25) is 5.82 Å². The number of pyridine rings is 1. The first-order valence-corrected chi connectivity index (χ1v) is 9.54. The maximum atomic E-state index is 14.3. The van der Waals surface area contributed by atoms with E-state index in [-0.39, 0.29) is 22.7 Å². The molecule has 2 aromatic carbocycles. The second kappa shape index (κ2) is 8.38. The van der Waals surface area contributed by atoms with E-state index in [0.717, 1.165) is 0 Å². The summed E-state index contributed by atoms with van der Waals surface area (Å²) in [6.07, 6.45) is 0. The Kier molecular flexibility index (Phi) is 5.48. The van der Waals surface area contributed by atoms with Crippen LogP contribution in [0.2, 0.25) is 5.15 Å². The lowest BCUT2D eigenvalue weighted by molar-refractivity contribution is 0.101. The van der Waals surface area contributed by atoms with Crippen molar-refractivity contribution in [1.82, 2.24) is 14.6 Å². The van der Waals surface area contributed by atoms with Gasteiger partial charge in [-0.2, -0.15) is 0 Å². The molecule has 0 bridgehead atoms. The van der Waals surface area contributed by atoms with Crippen molar-refractivity contribution in [2.75, 3.05) is 5.32 Å². The number of rotatable bonds is 3. The normalized spacial score (nSPS) is 10.4. The minimum absolute atomic E-state index is 0.0222. The molecule has 0 spiro atoms. The van der Waals surface area contributed by atoms with Gasteiger partial charge in [0.15, 0.2) is 11.4 Å². The summed E-state index contributed by atoms with van der Waals surface area (Å²) in [5.74, 6) is 4.53. The molecule has 0 atom stereocenters. The Labute approximate surface area is 181 Å². The SMILES string of the molecule is CC(=O)c1cccc(NC(=O)c2ccc(F)c(C#Cc3nnc4cccc(Cl)n34)c2)c1. The number of Topliss-reactive ketones (excluding diaryl/α,β-unsaturated/α-hetero) is 1. The Hall–Kier alpha value is -4.02. The third-order valence-electron chi connectivity index (χ3n) is 4.45. The van der Waals surface area contributed by atoms with Crippen molar-refractivity contribution in [3.63, 3.8) is 0 Å². The van der Waals surface area contributed by atoms with Crippen molar-refractivity contribution in [1.29, 1.82) is 0 Å². The van der Waals surface area contributed by atoms with E-state index in [9.17, 15) is 14.0 Å². The fourth-order valence-electron chi connectivity index (χ4n) is 2.89. The lowest BCUT2D eigenvalue weighted by Gasteiger charge is -2.07. The summed E-state index contributed by atoms with van der Waals surface area (Å²) in [5.41, 5.74) is 1.68. The molecular weight excluding hydrogens is 419 g/mol. The first-order valence-electron chi connectivity index (χ1n) is 9.16. The standard InChI is InChI=1S/C23H14ClFN4O2/c1-14(30)15-4-2-5-18(13-15)26-23(31)17-8-10-19(25)16(12-17)9-11-22-28-27-21-7-3-6-20(24)29(21)22/h2-8,10,12-13H,1H3,(H,26,31). The molecule has 2 heterocycles.